The van der Waals surface area contributed by atoms with Crippen molar-refractivity contribution in [1.82, 2.24) is 0 Å². The van der Waals surface area contributed by atoms with Crippen molar-refractivity contribution in [1.29, 1.82) is 0 Å². The van der Waals surface area contributed by atoms with Gasteiger partial charge in [-0.1, -0.05) is 0 Å². The fraction of sp³-hybridized carbons (Fsp3) is 0.600. The Morgan fingerprint density at radius 2 is 2.23 bits per heavy atom. The predicted octanol–water partition coefficient (Wildman–Crippen LogP) is 1.62. The molecular formula is C10H15NOS. The van der Waals surface area contributed by atoms with Gasteiger partial charge in [-0.3, -0.25) is 0 Å². The Morgan fingerprint density at radius 3 is 3.00 bits per heavy atom. The van der Waals surface area contributed by atoms with Gasteiger partial charge in [0.05, 0.1) is 6.10 Å². The number of aliphatic hydroxyl groups excluding tert-OH is 1. The van der Waals surface area contributed by atoms with Gasteiger partial charge >= 0.3 is 0 Å². The molecule has 0 radical (unpaired) electrons. The SMILES string of the molecule is NC[C@H](O)c1csc2c1CCCC2. The molecule has 3 heteroatoms. The summed E-state index contributed by atoms with van der Waals surface area (Å²) < 4.78 is 0. The molecular weight excluding hydrogens is 182 g/mol. The highest BCUT2D eigenvalue weighted by atomic mass is 32.1. The van der Waals surface area contributed by atoms with Crippen molar-refractivity contribution < 1.29 is 5.11 Å². The lowest BCUT2D eigenvalue weighted by Crippen LogP contribution is -2.13. The van der Waals surface area contributed by atoms with Crippen LogP contribution in [-0.2, 0) is 12.8 Å². The van der Waals surface area contributed by atoms with Crippen LogP contribution in [0.15, 0.2) is 5.38 Å². The molecule has 3 N–H and O–H groups in total. The van der Waals surface area contributed by atoms with Gasteiger partial charge in [0.2, 0.25) is 0 Å². The number of fused-ring (bicyclic) bond motifs is 1. The fourth-order valence-corrected chi connectivity index (χ4v) is 3.12. The van der Waals surface area contributed by atoms with Crippen LogP contribution in [0.4, 0.5) is 0 Å². The van der Waals surface area contributed by atoms with Gasteiger partial charge in [0, 0.05) is 11.4 Å². The van der Waals surface area contributed by atoms with Crippen molar-refractivity contribution in [3.05, 3.63) is 21.4 Å². The van der Waals surface area contributed by atoms with Gasteiger partial charge in [0.1, 0.15) is 0 Å². The molecule has 1 aromatic heterocycles. The van der Waals surface area contributed by atoms with Crippen LogP contribution in [-0.4, -0.2) is 11.7 Å². The molecule has 1 aromatic rings. The van der Waals surface area contributed by atoms with Crippen LogP contribution >= 0.6 is 11.3 Å². The number of aryl methyl sites for hydroxylation is 1. The van der Waals surface area contributed by atoms with E-state index in [0.717, 1.165) is 12.0 Å². The van der Waals surface area contributed by atoms with Crippen LogP contribution in [0.1, 0.15) is 34.9 Å². The maximum Gasteiger partial charge on any atom is 0.0923 e. The summed E-state index contributed by atoms with van der Waals surface area (Å²) in [6.07, 6.45) is 4.43. The first-order valence-electron chi connectivity index (χ1n) is 4.80. The molecule has 0 spiro atoms. The van der Waals surface area contributed by atoms with E-state index < -0.39 is 6.10 Å². The van der Waals surface area contributed by atoms with Crippen LogP contribution in [0.5, 0.6) is 0 Å². The van der Waals surface area contributed by atoms with E-state index in [1.54, 1.807) is 11.3 Å². The normalized spacial score (nSPS) is 18.3. The van der Waals surface area contributed by atoms with Crippen LogP contribution in [0.3, 0.4) is 0 Å². The Hall–Kier alpha value is -0.380. The van der Waals surface area contributed by atoms with Gasteiger partial charge in [0.25, 0.3) is 0 Å². The minimum absolute atomic E-state index is 0.336. The van der Waals surface area contributed by atoms with E-state index >= 15 is 0 Å². The van der Waals surface area contributed by atoms with E-state index in [9.17, 15) is 5.11 Å². The van der Waals surface area contributed by atoms with Gasteiger partial charge < -0.3 is 10.8 Å². The standard InChI is InChI=1S/C10H15NOS/c11-5-9(12)8-6-13-10-4-2-1-3-7(8)10/h6,9,12H,1-5,11H2/t9-/m0/s1. The van der Waals surface area contributed by atoms with Gasteiger partial charge in [-0.25, -0.2) is 0 Å². The van der Waals surface area contributed by atoms with Crippen molar-refractivity contribution in [2.45, 2.75) is 31.8 Å². The van der Waals surface area contributed by atoms with E-state index in [1.165, 1.54) is 29.7 Å². The second kappa shape index (κ2) is 3.78. The summed E-state index contributed by atoms with van der Waals surface area (Å²) in [4.78, 5) is 1.47. The summed E-state index contributed by atoms with van der Waals surface area (Å²) in [5.74, 6) is 0. The number of thiophene rings is 1. The van der Waals surface area contributed by atoms with Gasteiger partial charge in [0.15, 0.2) is 0 Å². The number of rotatable bonds is 2. The predicted molar refractivity (Wildman–Crippen MR) is 55.0 cm³/mol. The molecule has 2 rings (SSSR count). The van der Waals surface area contributed by atoms with Gasteiger partial charge in [-0.15, -0.1) is 11.3 Å². The zero-order valence-electron chi connectivity index (χ0n) is 7.62. The fourth-order valence-electron chi connectivity index (χ4n) is 1.93. The third-order valence-corrected chi connectivity index (χ3v) is 3.78. The summed E-state index contributed by atoms with van der Waals surface area (Å²) >= 11 is 1.78. The van der Waals surface area contributed by atoms with E-state index in [4.69, 9.17) is 5.73 Å². The summed E-state index contributed by atoms with van der Waals surface area (Å²) in [6.45, 7) is 0.336. The molecule has 0 saturated heterocycles. The number of aliphatic hydroxyl groups is 1. The van der Waals surface area contributed by atoms with Crippen LogP contribution in [0, 0.1) is 0 Å². The quantitative estimate of drug-likeness (QED) is 0.756. The van der Waals surface area contributed by atoms with E-state index in [0.29, 0.717) is 6.54 Å². The Kier molecular flexibility index (Phi) is 2.67. The van der Waals surface area contributed by atoms with Crippen molar-refractivity contribution in [3.8, 4) is 0 Å². The first kappa shape index (κ1) is 9.19. The van der Waals surface area contributed by atoms with E-state index in [-0.39, 0.29) is 0 Å². The Morgan fingerprint density at radius 1 is 1.46 bits per heavy atom. The summed E-state index contributed by atoms with van der Waals surface area (Å²) in [6, 6.07) is 0. The zero-order chi connectivity index (χ0) is 9.26. The monoisotopic (exact) mass is 197 g/mol. The van der Waals surface area contributed by atoms with Crippen molar-refractivity contribution in [3.63, 3.8) is 0 Å². The average molecular weight is 197 g/mol. The van der Waals surface area contributed by atoms with Crippen molar-refractivity contribution in [2.24, 2.45) is 5.73 Å². The topological polar surface area (TPSA) is 46.2 Å². The first-order valence-corrected chi connectivity index (χ1v) is 5.68. The minimum Gasteiger partial charge on any atom is -0.387 e. The minimum atomic E-state index is -0.446. The molecule has 0 aliphatic heterocycles. The van der Waals surface area contributed by atoms with Crippen molar-refractivity contribution >= 4 is 11.3 Å². The molecule has 0 amide bonds. The number of nitrogens with two attached hydrogens (primary N) is 1. The van der Waals surface area contributed by atoms with Crippen LogP contribution in [0.25, 0.3) is 0 Å². The molecule has 1 aliphatic carbocycles. The molecule has 1 aliphatic rings. The molecule has 0 aromatic carbocycles. The molecule has 72 valence electrons. The highest BCUT2D eigenvalue weighted by Gasteiger charge is 2.19. The Labute approximate surface area is 82.4 Å². The summed E-state index contributed by atoms with van der Waals surface area (Å²) in [7, 11) is 0. The molecule has 0 saturated carbocycles. The second-order valence-corrected chi connectivity index (χ2v) is 4.52. The molecule has 0 bridgehead atoms. The van der Waals surface area contributed by atoms with Gasteiger partial charge in [-0.2, -0.15) is 0 Å². The molecule has 1 atom stereocenters. The molecule has 1 heterocycles. The molecule has 0 fully saturated rings. The lowest BCUT2D eigenvalue weighted by atomic mass is 9.94. The van der Waals surface area contributed by atoms with Gasteiger partial charge in [-0.05, 0) is 42.2 Å². The summed E-state index contributed by atoms with van der Waals surface area (Å²) in [5, 5.41) is 11.7. The summed E-state index contributed by atoms with van der Waals surface area (Å²) in [5.41, 5.74) is 7.92. The van der Waals surface area contributed by atoms with E-state index in [2.05, 4.69) is 5.38 Å². The Bertz CT molecular complexity index is 295. The average Bonchev–Trinajstić information content (AvgIpc) is 2.60. The van der Waals surface area contributed by atoms with Crippen LogP contribution in [0.2, 0.25) is 0 Å². The number of hydrogen-bond acceptors (Lipinski definition) is 3. The maximum absolute atomic E-state index is 9.66. The maximum atomic E-state index is 9.66. The Balaban J connectivity index is 2.31. The number of hydrogen-bond donors (Lipinski definition) is 2. The van der Waals surface area contributed by atoms with Crippen LogP contribution < -0.4 is 5.73 Å². The largest absolute Gasteiger partial charge is 0.387 e. The molecule has 13 heavy (non-hydrogen) atoms. The molecule has 2 nitrogen and oxygen atoms in total. The lowest BCUT2D eigenvalue weighted by Gasteiger charge is -2.14. The smallest absolute Gasteiger partial charge is 0.0923 e. The zero-order valence-corrected chi connectivity index (χ0v) is 8.44. The van der Waals surface area contributed by atoms with E-state index in [1.807, 2.05) is 0 Å². The third-order valence-electron chi connectivity index (χ3n) is 2.68. The first-order chi connectivity index (χ1) is 6.33. The molecule has 0 unspecified atom stereocenters. The lowest BCUT2D eigenvalue weighted by molar-refractivity contribution is 0.186. The highest BCUT2D eigenvalue weighted by molar-refractivity contribution is 7.10. The third kappa shape index (κ3) is 1.64. The van der Waals surface area contributed by atoms with Crippen molar-refractivity contribution in [2.75, 3.05) is 6.54 Å². The second-order valence-electron chi connectivity index (χ2n) is 3.55. The highest BCUT2D eigenvalue weighted by Crippen LogP contribution is 2.33.